The average molecular weight is 170 g/mol. The van der Waals surface area contributed by atoms with Crippen molar-refractivity contribution in [3.05, 3.63) is 36.5 Å². The third-order valence-corrected chi connectivity index (χ3v) is 1.76. The molecule has 0 radical (unpaired) electrons. The monoisotopic (exact) mass is 170 g/mol. The molecular weight excluding hydrogens is 164 g/mol. The van der Waals surface area contributed by atoms with E-state index in [1.165, 1.54) is 0 Å². The second-order valence-corrected chi connectivity index (χ2v) is 2.52. The summed E-state index contributed by atoms with van der Waals surface area (Å²) in [6.07, 6.45) is 3.36. The Morgan fingerprint density at radius 1 is 1.23 bits per heavy atom. The second-order valence-electron chi connectivity index (χ2n) is 2.52. The van der Waals surface area contributed by atoms with Crippen LogP contribution in [0.3, 0.4) is 0 Å². The normalized spacial score (nSPS) is 9.46. The fourth-order valence-electron chi connectivity index (χ4n) is 1.21. The van der Waals surface area contributed by atoms with Gasteiger partial charge in [0, 0.05) is 11.6 Å². The lowest BCUT2D eigenvalue weighted by Gasteiger charge is -2.00. The standard InChI is InChI=1S/C10H6N2O/c11-7-13-10-5-1-4-9-8(10)3-2-6-12-9/h1-6H. The maximum absolute atomic E-state index is 8.39. The quantitative estimate of drug-likeness (QED) is 0.615. The third-order valence-electron chi connectivity index (χ3n) is 1.76. The summed E-state index contributed by atoms with van der Waals surface area (Å²) in [5.74, 6) is 0.549. The molecule has 1 aromatic heterocycles. The van der Waals surface area contributed by atoms with E-state index in [1.54, 1.807) is 18.5 Å². The average Bonchev–Trinajstić information content (AvgIpc) is 2.19. The van der Waals surface area contributed by atoms with Crippen molar-refractivity contribution in [2.45, 2.75) is 0 Å². The molecule has 3 heteroatoms. The smallest absolute Gasteiger partial charge is 0.292 e. The summed E-state index contributed by atoms with van der Waals surface area (Å²) < 4.78 is 4.78. The molecule has 0 N–H and O–H groups in total. The van der Waals surface area contributed by atoms with E-state index in [2.05, 4.69) is 4.98 Å². The van der Waals surface area contributed by atoms with Crippen molar-refractivity contribution in [2.75, 3.05) is 0 Å². The first-order valence-corrected chi connectivity index (χ1v) is 3.81. The molecule has 0 spiro atoms. The largest absolute Gasteiger partial charge is 0.387 e. The highest BCUT2D eigenvalue weighted by Gasteiger charge is 2.00. The van der Waals surface area contributed by atoms with Crippen molar-refractivity contribution >= 4 is 10.9 Å². The molecule has 0 amide bonds. The van der Waals surface area contributed by atoms with Crippen LogP contribution in [-0.4, -0.2) is 4.98 Å². The van der Waals surface area contributed by atoms with Crippen LogP contribution >= 0.6 is 0 Å². The van der Waals surface area contributed by atoms with Gasteiger partial charge in [0.25, 0.3) is 6.26 Å². The number of aromatic nitrogens is 1. The van der Waals surface area contributed by atoms with Gasteiger partial charge in [0.05, 0.1) is 5.52 Å². The Balaban J connectivity index is 2.70. The van der Waals surface area contributed by atoms with Crippen molar-refractivity contribution in [1.82, 2.24) is 4.98 Å². The molecule has 0 atom stereocenters. The Kier molecular flexibility index (Phi) is 1.81. The highest BCUT2D eigenvalue weighted by atomic mass is 16.5. The van der Waals surface area contributed by atoms with Crippen LogP contribution in [0.4, 0.5) is 0 Å². The maximum Gasteiger partial charge on any atom is 0.292 e. The zero-order chi connectivity index (χ0) is 9.10. The number of hydrogen-bond acceptors (Lipinski definition) is 3. The molecule has 0 saturated heterocycles. The lowest BCUT2D eigenvalue weighted by Crippen LogP contribution is -1.84. The van der Waals surface area contributed by atoms with Crippen LogP contribution in [0.1, 0.15) is 0 Å². The maximum atomic E-state index is 8.39. The molecule has 0 aliphatic rings. The Morgan fingerprint density at radius 2 is 2.15 bits per heavy atom. The van der Waals surface area contributed by atoms with E-state index in [9.17, 15) is 0 Å². The van der Waals surface area contributed by atoms with E-state index < -0.39 is 0 Å². The molecule has 1 aromatic carbocycles. The van der Waals surface area contributed by atoms with Crippen molar-refractivity contribution in [2.24, 2.45) is 0 Å². The van der Waals surface area contributed by atoms with E-state index in [-0.39, 0.29) is 0 Å². The molecule has 2 rings (SSSR count). The molecule has 1 heterocycles. The number of pyridine rings is 1. The third kappa shape index (κ3) is 1.30. The molecular formula is C10H6N2O. The fourth-order valence-corrected chi connectivity index (χ4v) is 1.21. The molecule has 13 heavy (non-hydrogen) atoms. The van der Waals surface area contributed by atoms with Gasteiger partial charge in [-0.05, 0) is 24.3 Å². The van der Waals surface area contributed by atoms with Crippen molar-refractivity contribution in [3.8, 4) is 12.0 Å². The fraction of sp³-hybridized carbons (Fsp3) is 0. The Hall–Kier alpha value is -2.08. The number of nitrogens with zero attached hydrogens (tertiary/aromatic N) is 2. The van der Waals surface area contributed by atoms with Gasteiger partial charge >= 0.3 is 0 Å². The van der Waals surface area contributed by atoms with Gasteiger partial charge in [-0.25, -0.2) is 0 Å². The molecule has 0 aliphatic heterocycles. The minimum atomic E-state index is 0.549. The first-order chi connectivity index (χ1) is 6.42. The summed E-state index contributed by atoms with van der Waals surface area (Å²) in [5.41, 5.74) is 0.829. The van der Waals surface area contributed by atoms with Crippen LogP contribution in [-0.2, 0) is 0 Å². The first-order valence-electron chi connectivity index (χ1n) is 3.81. The van der Waals surface area contributed by atoms with Crippen LogP contribution < -0.4 is 4.74 Å². The van der Waals surface area contributed by atoms with Gasteiger partial charge in [0.1, 0.15) is 0 Å². The van der Waals surface area contributed by atoms with Gasteiger partial charge in [-0.15, -0.1) is 5.26 Å². The first kappa shape index (κ1) is 7.56. The van der Waals surface area contributed by atoms with Crippen LogP contribution in [0.25, 0.3) is 10.9 Å². The minimum absolute atomic E-state index is 0.549. The second kappa shape index (κ2) is 3.11. The van der Waals surface area contributed by atoms with Crippen molar-refractivity contribution in [1.29, 1.82) is 5.26 Å². The number of rotatable bonds is 1. The number of ether oxygens (including phenoxy) is 1. The lowest BCUT2D eigenvalue weighted by atomic mass is 10.2. The topological polar surface area (TPSA) is 45.9 Å². The van der Waals surface area contributed by atoms with Crippen LogP contribution in [0.15, 0.2) is 36.5 Å². The summed E-state index contributed by atoms with van der Waals surface area (Å²) in [6, 6.07) is 9.11. The molecule has 0 unspecified atom stereocenters. The van der Waals surface area contributed by atoms with E-state index in [0.29, 0.717) is 5.75 Å². The van der Waals surface area contributed by atoms with Crippen LogP contribution in [0.5, 0.6) is 5.75 Å². The van der Waals surface area contributed by atoms with E-state index in [0.717, 1.165) is 10.9 Å². The van der Waals surface area contributed by atoms with E-state index in [1.807, 2.05) is 24.3 Å². The van der Waals surface area contributed by atoms with Crippen molar-refractivity contribution < 1.29 is 4.74 Å². The van der Waals surface area contributed by atoms with Gasteiger partial charge in [-0.3, -0.25) is 4.98 Å². The predicted octanol–water partition coefficient (Wildman–Crippen LogP) is 2.09. The van der Waals surface area contributed by atoms with Crippen LogP contribution in [0, 0.1) is 11.5 Å². The Morgan fingerprint density at radius 3 is 3.00 bits per heavy atom. The summed E-state index contributed by atoms with van der Waals surface area (Å²) >= 11 is 0. The Bertz CT molecular complexity index is 468. The van der Waals surface area contributed by atoms with Gasteiger partial charge in [-0.1, -0.05) is 6.07 Å². The van der Waals surface area contributed by atoms with E-state index in [4.69, 9.17) is 10.00 Å². The minimum Gasteiger partial charge on any atom is -0.387 e. The summed E-state index contributed by atoms with van der Waals surface area (Å²) in [5, 5.41) is 9.24. The summed E-state index contributed by atoms with van der Waals surface area (Å²) in [6.45, 7) is 0. The number of fused-ring (bicyclic) bond motifs is 1. The molecule has 0 aliphatic carbocycles. The van der Waals surface area contributed by atoms with Gasteiger partial charge in [0.15, 0.2) is 5.75 Å². The summed E-state index contributed by atoms with van der Waals surface area (Å²) in [4.78, 5) is 4.13. The molecule has 62 valence electrons. The number of nitriles is 1. The summed E-state index contributed by atoms with van der Waals surface area (Å²) in [7, 11) is 0. The molecule has 0 bridgehead atoms. The molecule has 3 nitrogen and oxygen atoms in total. The van der Waals surface area contributed by atoms with Crippen LogP contribution in [0.2, 0.25) is 0 Å². The predicted molar refractivity (Wildman–Crippen MR) is 48.0 cm³/mol. The number of hydrogen-bond donors (Lipinski definition) is 0. The Labute approximate surface area is 75.2 Å². The number of benzene rings is 1. The van der Waals surface area contributed by atoms with Gasteiger partial charge in [-0.2, -0.15) is 0 Å². The molecule has 0 saturated carbocycles. The zero-order valence-corrected chi connectivity index (χ0v) is 6.77. The lowest BCUT2D eigenvalue weighted by molar-refractivity contribution is 0.513. The van der Waals surface area contributed by atoms with Crippen molar-refractivity contribution in [3.63, 3.8) is 0 Å². The molecule has 0 fully saturated rings. The molecule has 2 aromatic rings. The van der Waals surface area contributed by atoms with Gasteiger partial charge < -0.3 is 4.74 Å². The highest BCUT2D eigenvalue weighted by Crippen LogP contribution is 2.22. The van der Waals surface area contributed by atoms with E-state index >= 15 is 0 Å². The SMILES string of the molecule is N#COc1cccc2ncccc12. The highest BCUT2D eigenvalue weighted by molar-refractivity contribution is 5.84. The zero-order valence-electron chi connectivity index (χ0n) is 6.77. The van der Waals surface area contributed by atoms with Gasteiger partial charge in [0.2, 0.25) is 0 Å².